The molecule has 1 amide bonds. The number of amides is 1. The monoisotopic (exact) mass is 264 g/mol. The van der Waals surface area contributed by atoms with Crippen LogP contribution in [-0.4, -0.2) is 32.7 Å². The van der Waals surface area contributed by atoms with Crippen molar-refractivity contribution in [2.24, 2.45) is 0 Å². The van der Waals surface area contributed by atoms with Crippen molar-refractivity contribution in [2.45, 2.75) is 26.2 Å². The first kappa shape index (κ1) is 15.5. The molecule has 0 atom stereocenters. The van der Waals surface area contributed by atoms with Crippen molar-refractivity contribution in [1.82, 2.24) is 10.6 Å². The summed E-state index contributed by atoms with van der Waals surface area (Å²) in [6.07, 6.45) is 2.25. The molecule has 0 unspecified atom stereocenters. The Morgan fingerprint density at radius 2 is 2.05 bits per heavy atom. The summed E-state index contributed by atoms with van der Waals surface area (Å²) >= 11 is 0. The molecule has 19 heavy (non-hydrogen) atoms. The number of carbonyl (C=O) groups is 1. The highest BCUT2D eigenvalue weighted by molar-refractivity contribution is 5.75. The lowest BCUT2D eigenvalue weighted by Gasteiger charge is -2.10. The summed E-state index contributed by atoms with van der Waals surface area (Å²) in [5, 5.41) is 5.97. The minimum Gasteiger partial charge on any atom is -0.494 e. The zero-order chi connectivity index (χ0) is 13.9. The smallest absolute Gasteiger partial charge is 0.220 e. The van der Waals surface area contributed by atoms with Crippen molar-refractivity contribution < 1.29 is 9.53 Å². The van der Waals surface area contributed by atoms with Crippen LogP contribution in [0, 0.1) is 0 Å². The Kier molecular flexibility index (Phi) is 7.66. The summed E-state index contributed by atoms with van der Waals surface area (Å²) in [4.78, 5) is 11.5. The van der Waals surface area contributed by atoms with Crippen LogP contribution in [0.25, 0.3) is 0 Å². The average Bonchev–Trinajstić information content (AvgIpc) is 2.41. The largest absolute Gasteiger partial charge is 0.494 e. The second-order valence-corrected chi connectivity index (χ2v) is 4.35. The van der Waals surface area contributed by atoms with Crippen LogP contribution in [0.2, 0.25) is 0 Å². The Labute approximate surface area is 115 Å². The van der Waals surface area contributed by atoms with Gasteiger partial charge in [-0.2, -0.15) is 0 Å². The molecule has 0 bridgehead atoms. The van der Waals surface area contributed by atoms with Gasteiger partial charge in [-0.15, -0.1) is 0 Å². The van der Waals surface area contributed by atoms with E-state index < -0.39 is 0 Å². The van der Waals surface area contributed by atoms with E-state index in [1.807, 2.05) is 38.2 Å². The maximum absolute atomic E-state index is 11.5. The lowest BCUT2D eigenvalue weighted by atomic mass is 10.1. The minimum absolute atomic E-state index is 0.115. The molecule has 0 aliphatic rings. The van der Waals surface area contributed by atoms with Gasteiger partial charge in [-0.05, 0) is 45.0 Å². The number of hydrogen-bond donors (Lipinski definition) is 2. The predicted molar refractivity (Wildman–Crippen MR) is 77.5 cm³/mol. The first-order valence-corrected chi connectivity index (χ1v) is 6.90. The van der Waals surface area contributed by atoms with E-state index in [4.69, 9.17) is 4.74 Å². The lowest BCUT2D eigenvalue weighted by Crippen LogP contribution is -2.26. The lowest BCUT2D eigenvalue weighted by molar-refractivity contribution is -0.121. The van der Waals surface area contributed by atoms with Crippen LogP contribution in [0.5, 0.6) is 5.75 Å². The maximum atomic E-state index is 11.5. The van der Waals surface area contributed by atoms with Gasteiger partial charge in [0.05, 0.1) is 6.61 Å². The average molecular weight is 264 g/mol. The van der Waals surface area contributed by atoms with Gasteiger partial charge >= 0.3 is 0 Å². The van der Waals surface area contributed by atoms with Crippen molar-refractivity contribution in [3.05, 3.63) is 29.8 Å². The van der Waals surface area contributed by atoms with Gasteiger partial charge in [0.2, 0.25) is 5.91 Å². The van der Waals surface area contributed by atoms with Gasteiger partial charge in [0, 0.05) is 13.0 Å². The van der Waals surface area contributed by atoms with Gasteiger partial charge in [0.1, 0.15) is 5.75 Å². The van der Waals surface area contributed by atoms with Gasteiger partial charge < -0.3 is 15.4 Å². The highest BCUT2D eigenvalue weighted by Gasteiger charge is 2.04. The molecule has 4 nitrogen and oxygen atoms in total. The van der Waals surface area contributed by atoms with Gasteiger partial charge in [0.25, 0.3) is 0 Å². The molecular weight excluding hydrogens is 240 g/mol. The molecule has 4 heteroatoms. The standard InChI is InChI=1S/C15H24N2O2/c1-3-19-14-8-5-4-7-13(14)10-12-17-15(18)9-6-11-16-2/h4-5,7-8,16H,3,6,9-12H2,1-2H3,(H,17,18). The molecule has 0 aromatic heterocycles. The molecule has 0 radical (unpaired) electrons. The topological polar surface area (TPSA) is 50.4 Å². The second-order valence-electron chi connectivity index (χ2n) is 4.35. The molecule has 0 aliphatic carbocycles. The van der Waals surface area contributed by atoms with Crippen molar-refractivity contribution in [3.63, 3.8) is 0 Å². The molecule has 0 spiro atoms. The number of benzene rings is 1. The highest BCUT2D eigenvalue weighted by Crippen LogP contribution is 2.17. The molecule has 1 rings (SSSR count). The van der Waals surface area contributed by atoms with E-state index in [9.17, 15) is 4.79 Å². The summed E-state index contributed by atoms with van der Waals surface area (Å²) < 4.78 is 5.55. The van der Waals surface area contributed by atoms with Crippen LogP contribution in [0.4, 0.5) is 0 Å². The summed E-state index contributed by atoms with van der Waals surface area (Å²) in [6.45, 7) is 4.16. The van der Waals surface area contributed by atoms with Crippen LogP contribution in [0.15, 0.2) is 24.3 Å². The van der Waals surface area contributed by atoms with Crippen molar-refractivity contribution in [2.75, 3.05) is 26.7 Å². The van der Waals surface area contributed by atoms with E-state index in [0.29, 0.717) is 19.6 Å². The SMILES string of the molecule is CCOc1ccccc1CCNC(=O)CCCNC. The second kappa shape index (κ2) is 9.39. The molecule has 106 valence electrons. The number of para-hydroxylation sites is 1. The molecule has 0 saturated heterocycles. The number of nitrogens with one attached hydrogen (secondary N) is 2. The van der Waals surface area contributed by atoms with E-state index in [-0.39, 0.29) is 5.91 Å². The molecule has 0 fully saturated rings. The predicted octanol–water partition coefficient (Wildman–Crippen LogP) is 1.74. The fraction of sp³-hybridized carbons (Fsp3) is 0.533. The van der Waals surface area contributed by atoms with E-state index in [2.05, 4.69) is 10.6 Å². The number of rotatable bonds is 9. The third kappa shape index (κ3) is 6.25. The highest BCUT2D eigenvalue weighted by atomic mass is 16.5. The van der Waals surface area contributed by atoms with Crippen LogP contribution in [-0.2, 0) is 11.2 Å². The van der Waals surface area contributed by atoms with E-state index in [1.165, 1.54) is 0 Å². The van der Waals surface area contributed by atoms with E-state index in [0.717, 1.165) is 30.7 Å². The van der Waals surface area contributed by atoms with Gasteiger partial charge in [-0.3, -0.25) is 4.79 Å². The Balaban J connectivity index is 2.30. The number of hydrogen-bond acceptors (Lipinski definition) is 3. The Hall–Kier alpha value is -1.55. The maximum Gasteiger partial charge on any atom is 0.220 e. The van der Waals surface area contributed by atoms with Crippen LogP contribution < -0.4 is 15.4 Å². The van der Waals surface area contributed by atoms with E-state index >= 15 is 0 Å². The Morgan fingerprint density at radius 1 is 1.26 bits per heavy atom. The van der Waals surface area contributed by atoms with Gasteiger partial charge in [-0.25, -0.2) is 0 Å². The normalized spacial score (nSPS) is 10.2. The van der Waals surface area contributed by atoms with Crippen molar-refractivity contribution in [1.29, 1.82) is 0 Å². The summed E-state index contributed by atoms with van der Waals surface area (Å²) in [5.74, 6) is 1.03. The fourth-order valence-corrected chi connectivity index (χ4v) is 1.86. The number of carbonyl (C=O) groups excluding carboxylic acids is 1. The summed E-state index contributed by atoms with van der Waals surface area (Å²) in [6, 6.07) is 7.96. The van der Waals surface area contributed by atoms with Gasteiger partial charge in [-0.1, -0.05) is 18.2 Å². The zero-order valence-corrected chi connectivity index (χ0v) is 11.9. The van der Waals surface area contributed by atoms with Crippen LogP contribution >= 0.6 is 0 Å². The molecule has 1 aromatic rings. The van der Waals surface area contributed by atoms with Crippen LogP contribution in [0.3, 0.4) is 0 Å². The molecule has 2 N–H and O–H groups in total. The van der Waals surface area contributed by atoms with Crippen LogP contribution in [0.1, 0.15) is 25.3 Å². The van der Waals surface area contributed by atoms with E-state index in [1.54, 1.807) is 0 Å². The minimum atomic E-state index is 0.115. The third-order valence-corrected chi connectivity index (χ3v) is 2.82. The first-order chi connectivity index (χ1) is 9.27. The molecule has 0 heterocycles. The third-order valence-electron chi connectivity index (χ3n) is 2.82. The molecule has 1 aromatic carbocycles. The summed E-state index contributed by atoms with van der Waals surface area (Å²) in [5.41, 5.74) is 1.14. The number of ether oxygens (including phenoxy) is 1. The fourth-order valence-electron chi connectivity index (χ4n) is 1.86. The quantitative estimate of drug-likeness (QED) is 0.668. The Bertz CT molecular complexity index is 380. The zero-order valence-electron chi connectivity index (χ0n) is 11.9. The molecule has 0 aliphatic heterocycles. The van der Waals surface area contributed by atoms with Gasteiger partial charge in [0.15, 0.2) is 0 Å². The Morgan fingerprint density at radius 3 is 2.79 bits per heavy atom. The summed E-state index contributed by atoms with van der Waals surface area (Å²) in [7, 11) is 1.89. The van der Waals surface area contributed by atoms with Crippen molar-refractivity contribution >= 4 is 5.91 Å². The molecule has 0 saturated carbocycles. The van der Waals surface area contributed by atoms with Crippen molar-refractivity contribution in [3.8, 4) is 5.75 Å². The first-order valence-electron chi connectivity index (χ1n) is 6.90. The molecular formula is C15H24N2O2.